The van der Waals surface area contributed by atoms with E-state index in [-0.39, 0.29) is 24.4 Å². The van der Waals surface area contributed by atoms with Crippen LogP contribution in [0.25, 0.3) is 0 Å². The lowest BCUT2D eigenvalue weighted by Gasteiger charge is -2.41. The lowest BCUT2D eigenvalue weighted by molar-refractivity contribution is -0.151. The number of rotatable bonds is 4. The lowest BCUT2D eigenvalue weighted by Crippen LogP contribution is -2.67. The Morgan fingerprint density at radius 3 is 2.59 bits per heavy atom. The number of hydrogen-bond donors (Lipinski definition) is 1. The van der Waals surface area contributed by atoms with Crippen molar-refractivity contribution in [3.8, 4) is 0 Å². The van der Waals surface area contributed by atoms with Crippen molar-refractivity contribution >= 4 is 22.6 Å². The number of amides is 2. The van der Waals surface area contributed by atoms with Gasteiger partial charge in [-0.1, -0.05) is 6.92 Å². The van der Waals surface area contributed by atoms with Crippen LogP contribution in [-0.2, 0) is 20.4 Å². The van der Waals surface area contributed by atoms with E-state index in [4.69, 9.17) is 0 Å². The first-order valence-corrected chi connectivity index (χ1v) is 7.45. The van der Waals surface area contributed by atoms with E-state index in [0.29, 0.717) is 12.2 Å². The molecule has 1 aliphatic heterocycles. The third-order valence-corrected chi connectivity index (χ3v) is 4.13. The van der Waals surface area contributed by atoms with Gasteiger partial charge < -0.3 is 10.2 Å². The predicted molar refractivity (Wildman–Crippen MR) is 66.9 cm³/mol. The molecule has 1 saturated heterocycles. The van der Waals surface area contributed by atoms with Gasteiger partial charge in [0.15, 0.2) is 0 Å². The summed E-state index contributed by atoms with van der Waals surface area (Å²) in [7, 11) is -0.976. The molecule has 1 rings (SSSR count). The molecule has 5 nitrogen and oxygen atoms in total. The molecule has 3 unspecified atom stereocenters. The number of carbonyl (C=O) groups excluding carboxylic acids is 2. The van der Waals surface area contributed by atoms with E-state index in [1.807, 2.05) is 13.8 Å². The Bertz CT molecular complexity index is 359. The van der Waals surface area contributed by atoms with Crippen LogP contribution in [-0.4, -0.2) is 51.1 Å². The van der Waals surface area contributed by atoms with Crippen LogP contribution in [0.15, 0.2) is 0 Å². The standard InChI is InChI=1S/C11H20N2O3S/c1-5-11(3)10(15)13(6-9(14)12-11)8(2)7-17(4)16/h8H,5-7H2,1-4H3,(H,12,14). The zero-order valence-corrected chi connectivity index (χ0v) is 11.6. The van der Waals surface area contributed by atoms with Crippen LogP contribution in [0.1, 0.15) is 27.2 Å². The summed E-state index contributed by atoms with van der Waals surface area (Å²) in [6.45, 7) is 5.49. The summed E-state index contributed by atoms with van der Waals surface area (Å²) in [5.74, 6) is 0.166. The molecule has 0 radical (unpaired) electrons. The Kier molecular flexibility index (Phi) is 4.30. The van der Waals surface area contributed by atoms with Gasteiger partial charge >= 0.3 is 0 Å². The Labute approximate surface area is 104 Å². The van der Waals surface area contributed by atoms with Gasteiger partial charge in [0.1, 0.15) is 5.54 Å². The molecule has 1 N–H and O–H groups in total. The average molecular weight is 260 g/mol. The van der Waals surface area contributed by atoms with E-state index in [9.17, 15) is 13.8 Å². The predicted octanol–water partition coefficient (Wildman–Crippen LogP) is -0.119. The fourth-order valence-electron chi connectivity index (χ4n) is 1.97. The van der Waals surface area contributed by atoms with Crippen LogP contribution in [0.3, 0.4) is 0 Å². The fourth-order valence-corrected chi connectivity index (χ4v) is 2.83. The average Bonchev–Trinajstić information content (AvgIpc) is 2.22. The molecule has 3 atom stereocenters. The lowest BCUT2D eigenvalue weighted by atomic mass is 9.93. The SMILES string of the molecule is CCC1(C)NC(=O)CN(C(C)CS(C)=O)C1=O. The monoisotopic (exact) mass is 260 g/mol. The van der Waals surface area contributed by atoms with Crippen LogP contribution in [0, 0.1) is 0 Å². The molecular weight excluding hydrogens is 240 g/mol. The molecule has 2 amide bonds. The second-order valence-electron chi connectivity index (χ2n) is 4.76. The summed E-state index contributed by atoms with van der Waals surface area (Å²) in [6, 6.07) is -0.176. The molecule has 17 heavy (non-hydrogen) atoms. The number of nitrogens with zero attached hydrogens (tertiary/aromatic N) is 1. The summed E-state index contributed by atoms with van der Waals surface area (Å²) < 4.78 is 11.2. The molecular formula is C11H20N2O3S. The molecule has 98 valence electrons. The Morgan fingerprint density at radius 1 is 1.53 bits per heavy atom. The quantitative estimate of drug-likeness (QED) is 0.766. The molecule has 0 spiro atoms. The number of piperazine rings is 1. The van der Waals surface area contributed by atoms with Crippen molar-refractivity contribution in [2.24, 2.45) is 0 Å². The van der Waals surface area contributed by atoms with E-state index in [1.165, 1.54) is 4.90 Å². The van der Waals surface area contributed by atoms with Gasteiger partial charge in [-0.15, -0.1) is 0 Å². The summed E-state index contributed by atoms with van der Waals surface area (Å²) in [4.78, 5) is 25.4. The van der Waals surface area contributed by atoms with Crippen molar-refractivity contribution in [2.75, 3.05) is 18.6 Å². The molecule has 0 bridgehead atoms. The third kappa shape index (κ3) is 3.06. The van der Waals surface area contributed by atoms with Crippen LogP contribution >= 0.6 is 0 Å². The Balaban J connectivity index is 2.88. The molecule has 0 aromatic rings. The van der Waals surface area contributed by atoms with Gasteiger partial charge in [-0.05, 0) is 20.3 Å². The third-order valence-electron chi connectivity index (χ3n) is 3.18. The minimum atomic E-state index is -0.976. The van der Waals surface area contributed by atoms with Crippen LogP contribution < -0.4 is 5.32 Å². The smallest absolute Gasteiger partial charge is 0.248 e. The fraction of sp³-hybridized carbons (Fsp3) is 0.818. The summed E-state index contributed by atoms with van der Waals surface area (Å²) >= 11 is 0. The first kappa shape index (κ1) is 14.2. The van der Waals surface area contributed by atoms with Crippen molar-refractivity contribution in [1.82, 2.24) is 10.2 Å². The van der Waals surface area contributed by atoms with Gasteiger partial charge in [-0.25, -0.2) is 0 Å². The second-order valence-corrected chi connectivity index (χ2v) is 6.24. The minimum Gasteiger partial charge on any atom is -0.340 e. The van der Waals surface area contributed by atoms with Crippen molar-refractivity contribution < 1.29 is 13.8 Å². The number of nitrogens with one attached hydrogen (secondary N) is 1. The molecule has 1 fully saturated rings. The highest BCUT2D eigenvalue weighted by Crippen LogP contribution is 2.19. The van der Waals surface area contributed by atoms with Crippen molar-refractivity contribution in [3.63, 3.8) is 0 Å². The maximum absolute atomic E-state index is 12.3. The molecule has 0 aliphatic carbocycles. The van der Waals surface area contributed by atoms with Crippen LogP contribution in [0.2, 0.25) is 0 Å². The van der Waals surface area contributed by atoms with Gasteiger partial charge in [0, 0.05) is 28.9 Å². The second kappa shape index (κ2) is 5.16. The first-order valence-electron chi connectivity index (χ1n) is 5.72. The van der Waals surface area contributed by atoms with Crippen LogP contribution in [0.4, 0.5) is 0 Å². The first-order chi connectivity index (χ1) is 7.80. The maximum atomic E-state index is 12.3. The normalized spacial score (nSPS) is 28.8. The summed E-state index contributed by atoms with van der Waals surface area (Å²) in [5.41, 5.74) is -0.821. The van der Waals surface area contributed by atoms with Crippen molar-refractivity contribution in [1.29, 1.82) is 0 Å². The zero-order chi connectivity index (χ0) is 13.2. The minimum absolute atomic E-state index is 0.0623. The zero-order valence-electron chi connectivity index (χ0n) is 10.8. The Morgan fingerprint density at radius 2 is 2.12 bits per heavy atom. The number of hydrogen-bond acceptors (Lipinski definition) is 3. The van der Waals surface area contributed by atoms with E-state index < -0.39 is 16.3 Å². The largest absolute Gasteiger partial charge is 0.340 e. The summed E-state index contributed by atoms with van der Waals surface area (Å²) in [5, 5.41) is 2.72. The molecule has 6 heteroatoms. The molecule has 1 heterocycles. The molecule has 1 aliphatic rings. The highest BCUT2D eigenvalue weighted by atomic mass is 32.2. The number of carbonyl (C=O) groups is 2. The van der Waals surface area contributed by atoms with Gasteiger partial charge in [0.05, 0.1) is 6.54 Å². The van der Waals surface area contributed by atoms with E-state index in [2.05, 4.69) is 5.32 Å². The van der Waals surface area contributed by atoms with Crippen molar-refractivity contribution in [3.05, 3.63) is 0 Å². The van der Waals surface area contributed by atoms with E-state index >= 15 is 0 Å². The highest BCUT2D eigenvalue weighted by Gasteiger charge is 2.43. The van der Waals surface area contributed by atoms with Gasteiger partial charge in [-0.2, -0.15) is 0 Å². The topological polar surface area (TPSA) is 66.5 Å². The van der Waals surface area contributed by atoms with Gasteiger partial charge in [0.2, 0.25) is 11.8 Å². The highest BCUT2D eigenvalue weighted by molar-refractivity contribution is 7.84. The van der Waals surface area contributed by atoms with Gasteiger partial charge in [0.25, 0.3) is 0 Å². The van der Waals surface area contributed by atoms with Crippen LogP contribution in [0.5, 0.6) is 0 Å². The van der Waals surface area contributed by atoms with E-state index in [1.54, 1.807) is 13.2 Å². The maximum Gasteiger partial charge on any atom is 0.248 e. The van der Waals surface area contributed by atoms with Crippen molar-refractivity contribution in [2.45, 2.75) is 38.8 Å². The van der Waals surface area contributed by atoms with Gasteiger partial charge in [-0.3, -0.25) is 13.8 Å². The van der Waals surface area contributed by atoms with E-state index in [0.717, 1.165) is 0 Å². The molecule has 0 aromatic heterocycles. The summed E-state index contributed by atoms with van der Waals surface area (Å²) in [6.07, 6.45) is 2.15. The molecule has 0 saturated carbocycles. The Hall–Kier alpha value is -0.910. The molecule has 0 aromatic carbocycles.